The number of nitrogens with zero attached hydrogens (tertiary/aromatic N) is 2. The molecule has 0 saturated heterocycles. The second-order valence-electron chi connectivity index (χ2n) is 5.32. The van der Waals surface area contributed by atoms with E-state index in [9.17, 15) is 22.4 Å². The van der Waals surface area contributed by atoms with Gasteiger partial charge in [0.25, 0.3) is 5.91 Å². The van der Waals surface area contributed by atoms with Crippen LogP contribution >= 0.6 is 0 Å². The van der Waals surface area contributed by atoms with Crippen molar-refractivity contribution in [1.82, 2.24) is 9.97 Å². The number of ether oxygens (including phenoxy) is 1. The Bertz CT molecular complexity index is 942. The summed E-state index contributed by atoms with van der Waals surface area (Å²) in [7, 11) is 0. The molecule has 0 aliphatic carbocycles. The van der Waals surface area contributed by atoms with Crippen LogP contribution in [0.3, 0.4) is 0 Å². The molecule has 0 radical (unpaired) electrons. The van der Waals surface area contributed by atoms with E-state index >= 15 is 0 Å². The summed E-state index contributed by atoms with van der Waals surface area (Å²) in [6, 6.07) is 9.33. The number of hydrogen-bond acceptors (Lipinski definition) is 4. The molecule has 5 nitrogen and oxygen atoms in total. The molecule has 3 aromatic rings. The Balaban J connectivity index is 1.66. The Hall–Kier alpha value is -3.49. The third-order valence-corrected chi connectivity index (χ3v) is 3.40. The molecule has 0 spiro atoms. The molecule has 0 aliphatic heterocycles. The van der Waals surface area contributed by atoms with E-state index < -0.39 is 23.5 Å². The van der Waals surface area contributed by atoms with E-state index in [0.29, 0.717) is 0 Å². The molecule has 1 N–H and O–H groups in total. The summed E-state index contributed by atoms with van der Waals surface area (Å²) in [4.78, 5) is 19.8. The molecule has 27 heavy (non-hydrogen) atoms. The Morgan fingerprint density at radius 2 is 1.59 bits per heavy atom. The van der Waals surface area contributed by atoms with Gasteiger partial charge < -0.3 is 10.1 Å². The number of carbonyl (C=O) groups excluding carboxylic acids is 1. The second kappa shape index (κ2) is 7.40. The first-order valence-corrected chi connectivity index (χ1v) is 7.56. The van der Waals surface area contributed by atoms with Crippen LogP contribution in [0.1, 0.15) is 15.9 Å². The van der Waals surface area contributed by atoms with E-state index in [0.717, 1.165) is 24.3 Å². The zero-order valence-electron chi connectivity index (χ0n) is 13.5. The number of rotatable bonds is 4. The van der Waals surface area contributed by atoms with Gasteiger partial charge in [0.1, 0.15) is 0 Å². The quantitative estimate of drug-likeness (QED) is 0.671. The topological polar surface area (TPSA) is 64.1 Å². The minimum atomic E-state index is -4.48. The van der Waals surface area contributed by atoms with Crippen molar-refractivity contribution in [2.75, 3.05) is 5.32 Å². The van der Waals surface area contributed by atoms with Crippen LogP contribution in [0.15, 0.2) is 60.9 Å². The van der Waals surface area contributed by atoms with Crippen LogP contribution < -0.4 is 10.1 Å². The maximum atomic E-state index is 13.5. The fraction of sp³-hybridized carbons (Fsp3) is 0.0556. The lowest BCUT2D eigenvalue weighted by Crippen LogP contribution is -2.13. The lowest BCUT2D eigenvalue weighted by molar-refractivity contribution is -0.137. The van der Waals surface area contributed by atoms with Crippen molar-refractivity contribution in [2.24, 2.45) is 0 Å². The SMILES string of the molecule is O=C(Nc1cnc(Oc2ccccc2F)nc1)c1ccc(C(F)(F)F)cc1. The van der Waals surface area contributed by atoms with Crippen LogP contribution in [0, 0.1) is 5.82 Å². The van der Waals surface area contributed by atoms with Crippen molar-refractivity contribution >= 4 is 11.6 Å². The van der Waals surface area contributed by atoms with E-state index in [1.165, 1.54) is 30.6 Å². The van der Waals surface area contributed by atoms with E-state index in [-0.39, 0.29) is 23.0 Å². The molecule has 0 atom stereocenters. The summed E-state index contributed by atoms with van der Waals surface area (Å²) in [5.41, 5.74) is -0.618. The number of para-hydroxylation sites is 1. The first-order chi connectivity index (χ1) is 12.8. The number of benzene rings is 2. The van der Waals surface area contributed by atoms with E-state index in [4.69, 9.17) is 4.74 Å². The van der Waals surface area contributed by atoms with Crippen LogP contribution in [-0.4, -0.2) is 15.9 Å². The van der Waals surface area contributed by atoms with Gasteiger partial charge in [0, 0.05) is 5.56 Å². The predicted octanol–water partition coefficient (Wildman–Crippen LogP) is 4.68. The fourth-order valence-electron chi connectivity index (χ4n) is 2.07. The minimum absolute atomic E-state index is 0.0367. The summed E-state index contributed by atoms with van der Waals surface area (Å²) in [6.07, 6.45) is -2.02. The number of carbonyl (C=O) groups is 1. The van der Waals surface area contributed by atoms with Crippen molar-refractivity contribution in [1.29, 1.82) is 0 Å². The van der Waals surface area contributed by atoms with Gasteiger partial charge in [0.2, 0.25) is 0 Å². The number of halogens is 4. The Morgan fingerprint density at radius 3 is 2.19 bits per heavy atom. The van der Waals surface area contributed by atoms with E-state index in [1.807, 2.05) is 0 Å². The number of aromatic nitrogens is 2. The lowest BCUT2D eigenvalue weighted by atomic mass is 10.1. The van der Waals surface area contributed by atoms with Crippen molar-refractivity contribution in [3.63, 3.8) is 0 Å². The highest BCUT2D eigenvalue weighted by atomic mass is 19.4. The Kier molecular flexibility index (Phi) is 5.02. The largest absolute Gasteiger partial charge is 0.421 e. The Morgan fingerprint density at radius 1 is 0.963 bits per heavy atom. The fourth-order valence-corrected chi connectivity index (χ4v) is 2.07. The molecule has 138 valence electrons. The maximum Gasteiger partial charge on any atom is 0.416 e. The first kappa shape index (κ1) is 18.3. The molecular formula is C18H11F4N3O2. The Labute approximate surface area is 150 Å². The van der Waals surface area contributed by atoms with Gasteiger partial charge in [-0.15, -0.1) is 0 Å². The van der Waals surface area contributed by atoms with Crippen LogP contribution in [-0.2, 0) is 6.18 Å². The number of hydrogen-bond donors (Lipinski definition) is 1. The zero-order chi connectivity index (χ0) is 19.4. The van der Waals surface area contributed by atoms with Gasteiger partial charge in [-0.3, -0.25) is 4.79 Å². The van der Waals surface area contributed by atoms with E-state index in [1.54, 1.807) is 6.07 Å². The summed E-state index contributed by atoms with van der Waals surface area (Å²) in [5, 5.41) is 2.44. The van der Waals surface area contributed by atoms with Gasteiger partial charge in [-0.1, -0.05) is 12.1 Å². The highest BCUT2D eigenvalue weighted by molar-refractivity contribution is 6.04. The molecule has 0 bridgehead atoms. The monoisotopic (exact) mass is 377 g/mol. The number of nitrogens with one attached hydrogen (secondary N) is 1. The predicted molar refractivity (Wildman–Crippen MR) is 87.9 cm³/mol. The molecule has 0 aliphatic rings. The lowest BCUT2D eigenvalue weighted by Gasteiger charge is -2.08. The summed E-state index contributed by atoms with van der Waals surface area (Å²) in [5.74, 6) is -1.27. The summed E-state index contributed by atoms with van der Waals surface area (Å²) < 4.78 is 56.3. The molecule has 0 fully saturated rings. The van der Waals surface area contributed by atoms with Crippen LogP contribution in [0.5, 0.6) is 11.8 Å². The third kappa shape index (κ3) is 4.57. The molecule has 1 heterocycles. The van der Waals surface area contributed by atoms with Gasteiger partial charge >= 0.3 is 12.2 Å². The highest BCUT2D eigenvalue weighted by Crippen LogP contribution is 2.29. The minimum Gasteiger partial charge on any atom is -0.421 e. The number of alkyl halides is 3. The molecular weight excluding hydrogens is 366 g/mol. The molecule has 0 saturated carbocycles. The van der Waals surface area contributed by atoms with Gasteiger partial charge in [0.15, 0.2) is 11.6 Å². The highest BCUT2D eigenvalue weighted by Gasteiger charge is 2.30. The molecule has 9 heteroatoms. The molecule has 2 aromatic carbocycles. The van der Waals surface area contributed by atoms with Gasteiger partial charge in [-0.05, 0) is 36.4 Å². The second-order valence-corrected chi connectivity index (χ2v) is 5.32. The van der Waals surface area contributed by atoms with Crippen molar-refractivity contribution in [2.45, 2.75) is 6.18 Å². The van der Waals surface area contributed by atoms with Crippen LogP contribution in [0.25, 0.3) is 0 Å². The first-order valence-electron chi connectivity index (χ1n) is 7.56. The number of anilines is 1. The molecule has 1 aromatic heterocycles. The average molecular weight is 377 g/mol. The smallest absolute Gasteiger partial charge is 0.416 e. The van der Waals surface area contributed by atoms with Crippen LogP contribution in [0.2, 0.25) is 0 Å². The van der Waals surface area contributed by atoms with Crippen LogP contribution in [0.4, 0.5) is 23.2 Å². The molecule has 0 unspecified atom stereocenters. The summed E-state index contributed by atoms with van der Waals surface area (Å²) >= 11 is 0. The van der Waals surface area contributed by atoms with Gasteiger partial charge in [-0.2, -0.15) is 13.2 Å². The van der Waals surface area contributed by atoms with Crippen molar-refractivity contribution in [3.8, 4) is 11.8 Å². The number of amides is 1. The van der Waals surface area contributed by atoms with Gasteiger partial charge in [0.05, 0.1) is 23.6 Å². The third-order valence-electron chi connectivity index (χ3n) is 3.40. The van der Waals surface area contributed by atoms with Gasteiger partial charge in [-0.25, -0.2) is 14.4 Å². The normalized spacial score (nSPS) is 11.1. The standard InChI is InChI=1S/C18H11F4N3O2/c19-14-3-1-2-4-15(14)27-17-23-9-13(10-24-17)25-16(26)11-5-7-12(8-6-11)18(20,21)22/h1-10H,(H,25,26). The molecule has 1 amide bonds. The summed E-state index contributed by atoms with van der Waals surface area (Å²) in [6.45, 7) is 0. The average Bonchev–Trinajstić information content (AvgIpc) is 2.64. The van der Waals surface area contributed by atoms with E-state index in [2.05, 4.69) is 15.3 Å². The zero-order valence-corrected chi connectivity index (χ0v) is 13.5. The van der Waals surface area contributed by atoms with Crippen molar-refractivity contribution < 1.29 is 27.1 Å². The molecule has 3 rings (SSSR count). The van der Waals surface area contributed by atoms with Crippen molar-refractivity contribution in [3.05, 3.63) is 77.9 Å². The maximum absolute atomic E-state index is 13.5.